The van der Waals surface area contributed by atoms with Crippen molar-refractivity contribution < 1.29 is 4.79 Å². The van der Waals surface area contributed by atoms with Crippen LogP contribution in [0.3, 0.4) is 0 Å². The molecule has 1 atom stereocenters. The highest BCUT2D eigenvalue weighted by atomic mass is 35.5. The SMILES string of the molecule is CC(Cl)C1CCN(C(=O)c2cccc3cccnc23)CC1. The largest absolute Gasteiger partial charge is 0.339 e. The average molecular weight is 303 g/mol. The molecule has 0 aliphatic carbocycles. The van der Waals surface area contributed by atoms with E-state index in [1.165, 1.54) is 0 Å². The van der Waals surface area contributed by atoms with Gasteiger partial charge in [-0.3, -0.25) is 9.78 Å². The third-order valence-corrected chi connectivity index (χ3v) is 4.70. The van der Waals surface area contributed by atoms with E-state index in [9.17, 15) is 4.79 Å². The van der Waals surface area contributed by atoms with Gasteiger partial charge in [-0.1, -0.05) is 18.2 Å². The number of hydrogen-bond acceptors (Lipinski definition) is 2. The fourth-order valence-electron chi connectivity index (χ4n) is 3.01. The molecule has 1 fully saturated rings. The molecule has 0 N–H and O–H groups in total. The number of carbonyl (C=O) groups is 1. The zero-order valence-electron chi connectivity index (χ0n) is 12.1. The van der Waals surface area contributed by atoms with Crippen molar-refractivity contribution >= 4 is 28.4 Å². The molecular formula is C17H19ClN2O. The van der Waals surface area contributed by atoms with Crippen LogP contribution in [0.5, 0.6) is 0 Å². The Morgan fingerprint density at radius 3 is 2.71 bits per heavy atom. The predicted octanol–water partition coefficient (Wildman–Crippen LogP) is 3.71. The Hall–Kier alpha value is -1.61. The molecule has 4 heteroatoms. The molecule has 1 aromatic carbocycles. The van der Waals surface area contributed by atoms with E-state index < -0.39 is 0 Å². The first kappa shape index (κ1) is 14.3. The lowest BCUT2D eigenvalue weighted by molar-refractivity contribution is 0.0692. The summed E-state index contributed by atoms with van der Waals surface area (Å²) in [6, 6.07) is 9.66. The molecule has 0 saturated carbocycles. The number of rotatable bonds is 2. The smallest absolute Gasteiger partial charge is 0.256 e. The van der Waals surface area contributed by atoms with Crippen LogP contribution in [0.2, 0.25) is 0 Å². The summed E-state index contributed by atoms with van der Waals surface area (Å²) in [7, 11) is 0. The lowest BCUT2D eigenvalue weighted by Gasteiger charge is -2.33. The van der Waals surface area contributed by atoms with Crippen molar-refractivity contribution in [1.29, 1.82) is 0 Å². The fraction of sp³-hybridized carbons (Fsp3) is 0.412. The number of para-hydroxylation sites is 1. The standard InChI is InChI=1S/C17H19ClN2O/c1-12(18)13-7-10-20(11-8-13)17(21)15-6-2-4-14-5-3-9-19-16(14)15/h2-6,9,12-13H,7-8,10-11H2,1H3. The number of carbonyl (C=O) groups excluding carboxylic acids is 1. The van der Waals surface area contributed by atoms with Crippen LogP contribution in [0.15, 0.2) is 36.5 Å². The van der Waals surface area contributed by atoms with Gasteiger partial charge in [-0.15, -0.1) is 11.6 Å². The number of likely N-dealkylation sites (tertiary alicyclic amines) is 1. The van der Waals surface area contributed by atoms with Crippen molar-refractivity contribution in [2.75, 3.05) is 13.1 Å². The number of pyridine rings is 1. The first-order chi connectivity index (χ1) is 10.2. The number of piperidine rings is 1. The van der Waals surface area contributed by atoms with Crippen LogP contribution in [0, 0.1) is 5.92 Å². The Kier molecular flexibility index (Phi) is 4.11. The van der Waals surface area contributed by atoms with Gasteiger partial charge in [0, 0.05) is 30.0 Å². The van der Waals surface area contributed by atoms with Gasteiger partial charge in [-0.05, 0) is 37.8 Å². The molecule has 1 amide bonds. The molecule has 1 aliphatic rings. The first-order valence-corrected chi connectivity index (χ1v) is 7.87. The number of hydrogen-bond donors (Lipinski definition) is 0. The summed E-state index contributed by atoms with van der Waals surface area (Å²) in [4.78, 5) is 19.0. The van der Waals surface area contributed by atoms with Crippen molar-refractivity contribution in [2.24, 2.45) is 5.92 Å². The molecule has 2 heterocycles. The molecule has 0 bridgehead atoms. The Labute approximate surface area is 129 Å². The van der Waals surface area contributed by atoms with Gasteiger partial charge in [-0.25, -0.2) is 0 Å². The van der Waals surface area contributed by atoms with Gasteiger partial charge >= 0.3 is 0 Å². The molecule has 1 unspecified atom stereocenters. The third-order valence-electron chi connectivity index (χ3n) is 4.34. The number of aromatic nitrogens is 1. The van der Waals surface area contributed by atoms with Crippen LogP contribution in [-0.4, -0.2) is 34.3 Å². The summed E-state index contributed by atoms with van der Waals surface area (Å²) >= 11 is 6.17. The number of amides is 1. The number of alkyl halides is 1. The summed E-state index contributed by atoms with van der Waals surface area (Å²) < 4.78 is 0. The van der Waals surface area contributed by atoms with Gasteiger partial charge in [-0.2, -0.15) is 0 Å². The van der Waals surface area contributed by atoms with Gasteiger partial charge in [0.1, 0.15) is 0 Å². The van der Waals surface area contributed by atoms with Crippen molar-refractivity contribution in [3.05, 3.63) is 42.1 Å². The monoisotopic (exact) mass is 302 g/mol. The van der Waals surface area contributed by atoms with Crippen LogP contribution >= 0.6 is 11.6 Å². The summed E-state index contributed by atoms with van der Waals surface area (Å²) in [6.45, 7) is 3.60. The van der Waals surface area contributed by atoms with E-state index in [-0.39, 0.29) is 11.3 Å². The zero-order valence-corrected chi connectivity index (χ0v) is 12.9. The molecule has 1 saturated heterocycles. The van der Waals surface area contributed by atoms with E-state index in [0.717, 1.165) is 36.8 Å². The second-order valence-corrected chi connectivity index (χ2v) is 6.38. The zero-order chi connectivity index (χ0) is 14.8. The van der Waals surface area contributed by atoms with Crippen molar-refractivity contribution in [1.82, 2.24) is 9.88 Å². The second-order valence-electron chi connectivity index (χ2n) is 5.69. The molecule has 0 radical (unpaired) electrons. The van der Waals surface area contributed by atoms with Gasteiger partial charge in [0.15, 0.2) is 0 Å². The molecule has 3 rings (SSSR count). The van der Waals surface area contributed by atoms with E-state index in [2.05, 4.69) is 4.98 Å². The first-order valence-electron chi connectivity index (χ1n) is 7.44. The predicted molar refractivity (Wildman–Crippen MR) is 85.7 cm³/mol. The maximum atomic E-state index is 12.7. The average Bonchev–Trinajstić information content (AvgIpc) is 2.53. The van der Waals surface area contributed by atoms with E-state index in [1.807, 2.05) is 42.2 Å². The lowest BCUT2D eigenvalue weighted by atomic mass is 9.93. The van der Waals surface area contributed by atoms with Crippen LogP contribution in [0.4, 0.5) is 0 Å². The maximum Gasteiger partial charge on any atom is 0.256 e. The normalized spacial score (nSPS) is 17.9. The quantitative estimate of drug-likeness (QED) is 0.792. The third kappa shape index (κ3) is 2.88. The van der Waals surface area contributed by atoms with Crippen LogP contribution in [-0.2, 0) is 0 Å². The van der Waals surface area contributed by atoms with E-state index in [0.29, 0.717) is 11.5 Å². The molecule has 110 valence electrons. The van der Waals surface area contributed by atoms with Crippen molar-refractivity contribution in [2.45, 2.75) is 25.1 Å². The lowest BCUT2D eigenvalue weighted by Crippen LogP contribution is -2.40. The van der Waals surface area contributed by atoms with E-state index in [4.69, 9.17) is 11.6 Å². The Balaban J connectivity index is 1.82. The van der Waals surface area contributed by atoms with Crippen molar-refractivity contribution in [3.8, 4) is 0 Å². The van der Waals surface area contributed by atoms with E-state index >= 15 is 0 Å². The van der Waals surface area contributed by atoms with Gasteiger partial charge in [0.05, 0.1) is 11.1 Å². The Morgan fingerprint density at radius 1 is 1.29 bits per heavy atom. The topological polar surface area (TPSA) is 33.2 Å². The highest BCUT2D eigenvalue weighted by molar-refractivity contribution is 6.20. The van der Waals surface area contributed by atoms with Crippen LogP contribution < -0.4 is 0 Å². The van der Waals surface area contributed by atoms with Crippen LogP contribution in [0.25, 0.3) is 10.9 Å². The summed E-state index contributed by atoms with van der Waals surface area (Å²) in [5.74, 6) is 0.598. The molecule has 0 spiro atoms. The van der Waals surface area contributed by atoms with Gasteiger partial charge in [0.2, 0.25) is 0 Å². The number of nitrogens with zero attached hydrogens (tertiary/aromatic N) is 2. The molecule has 2 aromatic rings. The van der Waals surface area contributed by atoms with E-state index in [1.54, 1.807) is 6.20 Å². The number of fused-ring (bicyclic) bond motifs is 1. The molecular weight excluding hydrogens is 284 g/mol. The molecule has 1 aliphatic heterocycles. The van der Waals surface area contributed by atoms with Crippen molar-refractivity contribution in [3.63, 3.8) is 0 Å². The fourth-order valence-corrected chi connectivity index (χ4v) is 3.26. The molecule has 3 nitrogen and oxygen atoms in total. The summed E-state index contributed by atoms with van der Waals surface area (Å²) in [5.41, 5.74) is 1.49. The Morgan fingerprint density at radius 2 is 2.00 bits per heavy atom. The highest BCUT2D eigenvalue weighted by Crippen LogP contribution is 2.26. The summed E-state index contributed by atoms with van der Waals surface area (Å²) in [5, 5.41) is 1.19. The van der Waals surface area contributed by atoms with Gasteiger partial charge < -0.3 is 4.90 Å². The maximum absolute atomic E-state index is 12.7. The summed E-state index contributed by atoms with van der Waals surface area (Å²) in [6.07, 6.45) is 3.70. The second kappa shape index (κ2) is 6.02. The van der Waals surface area contributed by atoms with Gasteiger partial charge in [0.25, 0.3) is 5.91 Å². The highest BCUT2D eigenvalue weighted by Gasteiger charge is 2.26. The minimum atomic E-state index is 0.0833. The Bertz CT molecular complexity index is 643. The minimum absolute atomic E-state index is 0.0833. The molecule has 21 heavy (non-hydrogen) atoms. The number of halogens is 1. The van der Waals surface area contributed by atoms with Crippen LogP contribution in [0.1, 0.15) is 30.1 Å². The number of benzene rings is 1. The minimum Gasteiger partial charge on any atom is -0.339 e. The molecule has 1 aromatic heterocycles.